The third-order valence-electron chi connectivity index (χ3n) is 0.932. The minimum absolute atomic E-state index is 0.402. The van der Waals surface area contributed by atoms with Gasteiger partial charge in [-0.05, 0) is 29.4 Å². The van der Waals surface area contributed by atoms with E-state index in [2.05, 4.69) is 5.18 Å². The molecule has 0 atom stereocenters. The zero-order chi connectivity index (χ0) is 6.69. The number of nitroso groups, excluding NO2 is 1. The highest BCUT2D eigenvalue weighted by molar-refractivity contribution is 6.30. The molecule has 46 valence electrons. The van der Waals surface area contributed by atoms with Crippen LogP contribution in [0.4, 0.5) is 5.69 Å². The molecule has 2 nitrogen and oxygen atoms in total. The van der Waals surface area contributed by atoms with E-state index in [-0.39, 0.29) is 0 Å². The Morgan fingerprint density at radius 2 is 1.78 bits per heavy atom. The molecular weight excluding hydrogens is 138 g/mol. The Hall–Kier alpha value is -0.890. The van der Waals surface area contributed by atoms with Crippen LogP contribution in [0.2, 0.25) is 5.02 Å². The Kier molecular flexibility index (Phi) is 1.80. The van der Waals surface area contributed by atoms with Gasteiger partial charge < -0.3 is 0 Å². The fraction of sp³-hybridized carbons (Fsp3) is 0. The number of hydrogen-bond acceptors (Lipinski definition) is 2. The summed E-state index contributed by atoms with van der Waals surface area (Å²) in [5.74, 6) is 0. The van der Waals surface area contributed by atoms with Gasteiger partial charge in [0.1, 0.15) is 5.69 Å². The zero-order valence-corrected chi connectivity index (χ0v) is 5.30. The van der Waals surface area contributed by atoms with Gasteiger partial charge >= 0.3 is 0 Å². The van der Waals surface area contributed by atoms with Crippen LogP contribution < -0.4 is 0 Å². The fourth-order valence-electron chi connectivity index (χ4n) is 0.502. The van der Waals surface area contributed by atoms with E-state index in [0.717, 1.165) is 0 Å². The van der Waals surface area contributed by atoms with E-state index >= 15 is 0 Å². The Morgan fingerprint density at radius 3 is 2.22 bits per heavy atom. The SMILES string of the molecule is O=Nc1ccc(Cl)cc1. The first-order valence-corrected chi connectivity index (χ1v) is 2.79. The first-order chi connectivity index (χ1) is 4.33. The lowest BCUT2D eigenvalue weighted by molar-refractivity contribution is 1.50. The van der Waals surface area contributed by atoms with Crippen LogP contribution in [0.15, 0.2) is 29.4 Å². The molecule has 0 aromatic heterocycles. The Morgan fingerprint density at radius 1 is 1.22 bits per heavy atom. The van der Waals surface area contributed by atoms with Crippen LogP contribution in [0.1, 0.15) is 0 Å². The van der Waals surface area contributed by atoms with Gasteiger partial charge in [-0.15, -0.1) is 4.91 Å². The van der Waals surface area contributed by atoms with Gasteiger partial charge in [0.15, 0.2) is 0 Å². The normalized spacial score (nSPS) is 9.00. The first kappa shape index (κ1) is 6.23. The molecule has 0 amide bonds. The predicted octanol–water partition coefficient (Wildman–Crippen LogP) is 2.74. The largest absolute Gasteiger partial charge is 0.145 e. The average Bonchev–Trinajstić information content (AvgIpc) is 1.90. The smallest absolute Gasteiger partial charge is 0.108 e. The second kappa shape index (κ2) is 2.60. The van der Waals surface area contributed by atoms with E-state index in [9.17, 15) is 4.91 Å². The molecule has 0 saturated carbocycles. The van der Waals surface area contributed by atoms with Gasteiger partial charge in [-0.1, -0.05) is 11.6 Å². The Bertz CT molecular complexity index is 207. The summed E-state index contributed by atoms with van der Waals surface area (Å²) in [4.78, 5) is 9.82. The summed E-state index contributed by atoms with van der Waals surface area (Å²) >= 11 is 5.52. The Labute approximate surface area is 57.4 Å². The molecule has 1 aromatic carbocycles. The summed E-state index contributed by atoms with van der Waals surface area (Å²) in [6.45, 7) is 0. The number of nitrogens with zero attached hydrogens (tertiary/aromatic N) is 1. The molecule has 0 N–H and O–H groups in total. The molecule has 0 fully saturated rings. The monoisotopic (exact) mass is 141 g/mol. The van der Waals surface area contributed by atoms with Crippen molar-refractivity contribution in [2.45, 2.75) is 0 Å². The summed E-state index contributed by atoms with van der Waals surface area (Å²) in [7, 11) is 0. The van der Waals surface area contributed by atoms with E-state index in [4.69, 9.17) is 11.6 Å². The topological polar surface area (TPSA) is 29.4 Å². The molecule has 0 heterocycles. The van der Waals surface area contributed by atoms with Crippen molar-refractivity contribution >= 4 is 17.3 Å². The highest BCUT2D eigenvalue weighted by Gasteiger charge is 1.87. The summed E-state index contributed by atoms with van der Waals surface area (Å²) in [6, 6.07) is 6.38. The standard InChI is InChI=1S/C6H4ClNO/c7-5-1-3-6(8-9)4-2-5/h1-4H. The van der Waals surface area contributed by atoms with Crippen molar-refractivity contribution in [3.05, 3.63) is 34.2 Å². The van der Waals surface area contributed by atoms with Crippen LogP contribution in [-0.2, 0) is 0 Å². The molecule has 9 heavy (non-hydrogen) atoms. The predicted molar refractivity (Wildman–Crippen MR) is 36.9 cm³/mol. The second-order valence-corrected chi connectivity index (χ2v) is 2.00. The number of hydrogen-bond donors (Lipinski definition) is 0. The molecule has 0 spiro atoms. The molecule has 0 bridgehead atoms. The molecule has 0 unspecified atom stereocenters. The van der Waals surface area contributed by atoms with E-state index in [1.165, 1.54) is 0 Å². The van der Waals surface area contributed by atoms with Crippen LogP contribution in [0.5, 0.6) is 0 Å². The first-order valence-electron chi connectivity index (χ1n) is 2.42. The van der Waals surface area contributed by atoms with Gasteiger partial charge in [0.05, 0.1) is 0 Å². The highest BCUT2D eigenvalue weighted by atomic mass is 35.5. The molecule has 3 heteroatoms. The van der Waals surface area contributed by atoms with Gasteiger partial charge in [0.2, 0.25) is 0 Å². The van der Waals surface area contributed by atoms with Crippen LogP contribution in [0, 0.1) is 4.91 Å². The minimum Gasteiger partial charge on any atom is -0.145 e. The molecule has 0 aliphatic carbocycles. The molecule has 0 aliphatic rings. The van der Waals surface area contributed by atoms with Crippen molar-refractivity contribution < 1.29 is 0 Å². The minimum atomic E-state index is 0.402. The van der Waals surface area contributed by atoms with Gasteiger partial charge in [-0.2, -0.15) is 0 Å². The van der Waals surface area contributed by atoms with Crippen LogP contribution in [-0.4, -0.2) is 0 Å². The van der Waals surface area contributed by atoms with Crippen LogP contribution >= 0.6 is 11.6 Å². The number of rotatable bonds is 1. The summed E-state index contributed by atoms with van der Waals surface area (Å²) in [5, 5.41) is 3.32. The lowest BCUT2D eigenvalue weighted by atomic mass is 10.3. The number of benzene rings is 1. The summed E-state index contributed by atoms with van der Waals surface area (Å²) in [5.41, 5.74) is 0.402. The third kappa shape index (κ3) is 1.50. The van der Waals surface area contributed by atoms with Crippen molar-refractivity contribution in [3.8, 4) is 0 Å². The highest BCUT2D eigenvalue weighted by Crippen LogP contribution is 2.14. The van der Waals surface area contributed by atoms with E-state index < -0.39 is 0 Å². The van der Waals surface area contributed by atoms with Crippen molar-refractivity contribution in [3.63, 3.8) is 0 Å². The molecule has 1 rings (SSSR count). The van der Waals surface area contributed by atoms with Gasteiger partial charge in [-0.3, -0.25) is 0 Å². The maximum Gasteiger partial charge on any atom is 0.108 e. The average molecular weight is 142 g/mol. The van der Waals surface area contributed by atoms with Gasteiger partial charge in [-0.25, -0.2) is 0 Å². The van der Waals surface area contributed by atoms with Crippen molar-refractivity contribution in [1.82, 2.24) is 0 Å². The maximum atomic E-state index is 9.82. The van der Waals surface area contributed by atoms with Crippen molar-refractivity contribution in [2.24, 2.45) is 5.18 Å². The van der Waals surface area contributed by atoms with E-state index in [1.54, 1.807) is 24.3 Å². The summed E-state index contributed by atoms with van der Waals surface area (Å²) < 4.78 is 0. The van der Waals surface area contributed by atoms with Crippen molar-refractivity contribution in [2.75, 3.05) is 0 Å². The van der Waals surface area contributed by atoms with Crippen molar-refractivity contribution in [1.29, 1.82) is 0 Å². The van der Waals surface area contributed by atoms with Gasteiger partial charge in [0.25, 0.3) is 0 Å². The van der Waals surface area contributed by atoms with E-state index in [1.807, 2.05) is 0 Å². The summed E-state index contributed by atoms with van der Waals surface area (Å²) in [6.07, 6.45) is 0. The quantitative estimate of drug-likeness (QED) is 0.553. The van der Waals surface area contributed by atoms with Gasteiger partial charge in [0, 0.05) is 5.02 Å². The fourth-order valence-corrected chi connectivity index (χ4v) is 0.628. The number of halogens is 1. The van der Waals surface area contributed by atoms with Crippen LogP contribution in [0.3, 0.4) is 0 Å². The third-order valence-corrected chi connectivity index (χ3v) is 1.18. The second-order valence-electron chi connectivity index (χ2n) is 1.57. The van der Waals surface area contributed by atoms with E-state index in [0.29, 0.717) is 10.7 Å². The lowest BCUT2D eigenvalue weighted by Gasteiger charge is -1.86. The zero-order valence-electron chi connectivity index (χ0n) is 4.54. The maximum absolute atomic E-state index is 9.82. The molecule has 0 radical (unpaired) electrons. The molecular formula is C6H4ClNO. The molecule has 1 aromatic rings. The molecule has 0 aliphatic heterocycles. The molecule has 0 saturated heterocycles. The van der Waals surface area contributed by atoms with Crippen LogP contribution in [0.25, 0.3) is 0 Å². The lowest BCUT2D eigenvalue weighted by Crippen LogP contribution is -1.61. The Balaban J connectivity index is 3.01.